The molecule has 0 radical (unpaired) electrons. The first kappa shape index (κ1) is 15.3. The Balaban J connectivity index is 2.32. The van der Waals surface area contributed by atoms with E-state index in [2.05, 4.69) is 12.2 Å². The molecule has 3 atom stereocenters. The molecule has 0 saturated carbocycles. The molecule has 0 aromatic heterocycles. The maximum atomic E-state index is 13.0. The first-order valence-corrected chi connectivity index (χ1v) is 8.00. The summed E-state index contributed by atoms with van der Waals surface area (Å²) < 4.78 is 24.1. The maximum Gasteiger partial charge on any atom is 0.123 e. The summed E-state index contributed by atoms with van der Waals surface area (Å²) >= 11 is 0. The highest BCUT2D eigenvalue weighted by Gasteiger charge is 2.09. The minimum absolute atomic E-state index is 0.178. The van der Waals surface area contributed by atoms with E-state index in [0.29, 0.717) is 11.8 Å². The van der Waals surface area contributed by atoms with E-state index in [9.17, 15) is 8.60 Å². The Labute approximate surface area is 111 Å². The Hall–Kier alpha value is -0.740. The van der Waals surface area contributed by atoms with Gasteiger partial charge in [0.05, 0.1) is 0 Å². The lowest BCUT2D eigenvalue weighted by atomic mass is 10.1. The van der Waals surface area contributed by atoms with Crippen LogP contribution in [0.1, 0.15) is 25.8 Å². The van der Waals surface area contributed by atoms with Gasteiger partial charge >= 0.3 is 0 Å². The fourth-order valence-electron chi connectivity index (χ4n) is 2.04. The molecule has 0 aliphatic carbocycles. The van der Waals surface area contributed by atoms with Gasteiger partial charge < -0.3 is 5.32 Å². The monoisotopic (exact) mass is 271 g/mol. The number of halogens is 1. The molecule has 1 N–H and O–H groups in total. The van der Waals surface area contributed by atoms with Crippen LogP contribution in [0.4, 0.5) is 4.39 Å². The van der Waals surface area contributed by atoms with E-state index >= 15 is 0 Å². The van der Waals surface area contributed by atoms with Crippen molar-refractivity contribution < 1.29 is 8.60 Å². The van der Waals surface area contributed by atoms with Gasteiger partial charge in [-0.25, -0.2) is 4.39 Å². The van der Waals surface area contributed by atoms with Crippen molar-refractivity contribution in [1.82, 2.24) is 5.32 Å². The molecule has 102 valence electrons. The Morgan fingerprint density at radius 1 is 1.33 bits per heavy atom. The second-order valence-corrected chi connectivity index (χ2v) is 6.36. The quantitative estimate of drug-likeness (QED) is 0.825. The van der Waals surface area contributed by atoms with Crippen molar-refractivity contribution in [2.24, 2.45) is 0 Å². The molecule has 1 aromatic rings. The second kappa shape index (κ2) is 7.64. The Morgan fingerprint density at radius 2 is 2.06 bits per heavy atom. The summed E-state index contributed by atoms with van der Waals surface area (Å²) in [6.07, 6.45) is 3.52. The van der Waals surface area contributed by atoms with E-state index in [-0.39, 0.29) is 11.9 Å². The highest BCUT2D eigenvalue weighted by molar-refractivity contribution is 7.84. The molecule has 2 nitrogen and oxygen atoms in total. The first-order valence-electron chi connectivity index (χ1n) is 6.28. The van der Waals surface area contributed by atoms with Gasteiger partial charge in [0.25, 0.3) is 0 Å². The van der Waals surface area contributed by atoms with Crippen LogP contribution in [0.5, 0.6) is 0 Å². The van der Waals surface area contributed by atoms with E-state index < -0.39 is 10.8 Å². The summed E-state index contributed by atoms with van der Waals surface area (Å²) in [5.74, 6) is 0.493. The summed E-state index contributed by atoms with van der Waals surface area (Å²) in [4.78, 5) is 0. The minimum atomic E-state index is -0.767. The SMILES string of the molecule is CC(CCc1cccc(F)c1)NC(C)CS(C)=O. The summed E-state index contributed by atoms with van der Waals surface area (Å²) in [5, 5.41) is 3.41. The van der Waals surface area contributed by atoms with Crippen molar-refractivity contribution in [3.8, 4) is 0 Å². The molecule has 3 unspecified atom stereocenters. The minimum Gasteiger partial charge on any atom is -0.311 e. The number of hydrogen-bond acceptors (Lipinski definition) is 2. The van der Waals surface area contributed by atoms with E-state index in [1.54, 1.807) is 18.4 Å². The summed E-state index contributed by atoms with van der Waals surface area (Å²) in [6.45, 7) is 4.15. The lowest BCUT2D eigenvalue weighted by molar-refractivity contribution is 0.467. The standard InChI is InChI=1S/C14H22FNOS/c1-11(16-12(2)10-18(3)17)7-8-13-5-4-6-14(15)9-13/h4-6,9,11-12,16H,7-8,10H2,1-3H3. The summed E-state index contributed by atoms with van der Waals surface area (Å²) in [6, 6.07) is 7.32. The Morgan fingerprint density at radius 3 is 2.67 bits per heavy atom. The van der Waals surface area contributed by atoms with E-state index in [0.717, 1.165) is 18.4 Å². The molecule has 18 heavy (non-hydrogen) atoms. The molecule has 0 saturated heterocycles. The topological polar surface area (TPSA) is 29.1 Å². The number of nitrogens with one attached hydrogen (secondary N) is 1. The fraction of sp³-hybridized carbons (Fsp3) is 0.571. The zero-order valence-corrected chi connectivity index (χ0v) is 12.1. The van der Waals surface area contributed by atoms with Gasteiger partial charge in [0.1, 0.15) is 5.82 Å². The van der Waals surface area contributed by atoms with Crippen LogP contribution < -0.4 is 5.32 Å². The van der Waals surface area contributed by atoms with Crippen molar-refractivity contribution in [3.05, 3.63) is 35.6 Å². The van der Waals surface area contributed by atoms with E-state index in [1.165, 1.54) is 6.07 Å². The van der Waals surface area contributed by atoms with Crippen molar-refractivity contribution in [2.75, 3.05) is 12.0 Å². The van der Waals surface area contributed by atoms with Crippen molar-refractivity contribution in [1.29, 1.82) is 0 Å². The zero-order valence-electron chi connectivity index (χ0n) is 11.3. The van der Waals surface area contributed by atoms with Gasteiger partial charge in [-0.05, 0) is 44.4 Å². The Kier molecular flexibility index (Phi) is 6.50. The van der Waals surface area contributed by atoms with Crippen LogP contribution in [-0.4, -0.2) is 28.3 Å². The second-order valence-electron chi connectivity index (χ2n) is 4.88. The van der Waals surface area contributed by atoms with Crippen LogP contribution in [0.15, 0.2) is 24.3 Å². The van der Waals surface area contributed by atoms with Crippen LogP contribution in [0, 0.1) is 5.82 Å². The molecule has 0 amide bonds. The molecular weight excluding hydrogens is 249 g/mol. The number of hydrogen-bond donors (Lipinski definition) is 1. The maximum absolute atomic E-state index is 13.0. The van der Waals surface area contributed by atoms with Crippen LogP contribution in [0.3, 0.4) is 0 Å². The van der Waals surface area contributed by atoms with Gasteiger partial charge in [-0.15, -0.1) is 0 Å². The lowest BCUT2D eigenvalue weighted by Crippen LogP contribution is -2.38. The van der Waals surface area contributed by atoms with Crippen molar-refractivity contribution >= 4 is 10.8 Å². The Bertz CT molecular complexity index is 397. The molecule has 1 rings (SSSR count). The molecule has 0 heterocycles. The third-order valence-corrected chi connectivity index (χ3v) is 3.78. The zero-order chi connectivity index (χ0) is 13.5. The predicted octanol–water partition coefficient (Wildman–Crippen LogP) is 2.50. The van der Waals surface area contributed by atoms with Gasteiger partial charge in [0.2, 0.25) is 0 Å². The smallest absolute Gasteiger partial charge is 0.123 e. The molecule has 4 heteroatoms. The molecular formula is C14H22FNOS. The number of benzene rings is 1. The van der Waals surface area contributed by atoms with Crippen LogP contribution in [-0.2, 0) is 17.2 Å². The van der Waals surface area contributed by atoms with Gasteiger partial charge in [-0.3, -0.25) is 4.21 Å². The molecule has 0 bridgehead atoms. The van der Waals surface area contributed by atoms with E-state index in [4.69, 9.17) is 0 Å². The predicted molar refractivity (Wildman–Crippen MR) is 75.7 cm³/mol. The van der Waals surface area contributed by atoms with Crippen LogP contribution in [0.25, 0.3) is 0 Å². The molecule has 0 aliphatic heterocycles. The number of rotatable bonds is 7. The highest BCUT2D eigenvalue weighted by Crippen LogP contribution is 2.08. The molecule has 1 aromatic carbocycles. The molecule has 0 fully saturated rings. The third-order valence-electron chi connectivity index (χ3n) is 2.81. The van der Waals surface area contributed by atoms with Crippen molar-refractivity contribution in [3.63, 3.8) is 0 Å². The lowest BCUT2D eigenvalue weighted by Gasteiger charge is -2.19. The van der Waals surface area contributed by atoms with E-state index in [1.807, 2.05) is 13.0 Å². The molecule has 0 spiro atoms. The summed E-state index contributed by atoms with van der Waals surface area (Å²) in [5.41, 5.74) is 1.02. The van der Waals surface area contributed by atoms with Gasteiger partial charge in [0.15, 0.2) is 0 Å². The highest BCUT2D eigenvalue weighted by atomic mass is 32.2. The average molecular weight is 271 g/mol. The van der Waals surface area contributed by atoms with Gasteiger partial charge in [-0.2, -0.15) is 0 Å². The van der Waals surface area contributed by atoms with Crippen LogP contribution in [0.2, 0.25) is 0 Å². The fourth-order valence-corrected chi connectivity index (χ4v) is 2.85. The summed E-state index contributed by atoms with van der Waals surface area (Å²) in [7, 11) is -0.767. The third kappa shape index (κ3) is 6.26. The largest absolute Gasteiger partial charge is 0.311 e. The number of aryl methyl sites for hydroxylation is 1. The average Bonchev–Trinajstić information content (AvgIpc) is 2.25. The first-order chi connectivity index (χ1) is 8.47. The molecule has 0 aliphatic rings. The van der Waals surface area contributed by atoms with Gasteiger partial charge in [0, 0.05) is 34.9 Å². The van der Waals surface area contributed by atoms with Gasteiger partial charge in [-0.1, -0.05) is 12.1 Å². The van der Waals surface area contributed by atoms with Crippen molar-refractivity contribution in [2.45, 2.75) is 38.8 Å². The van der Waals surface area contributed by atoms with Crippen LogP contribution >= 0.6 is 0 Å². The normalized spacial score (nSPS) is 16.2.